The van der Waals surface area contributed by atoms with Gasteiger partial charge < -0.3 is 9.88 Å². The molecule has 1 N–H and O–H groups in total. The minimum Gasteiger partial charge on any atom is -0.356 e. The average Bonchev–Trinajstić information content (AvgIpc) is 3.35. The first-order chi connectivity index (χ1) is 14.1. The Hall–Kier alpha value is -2.96. The molecule has 29 heavy (non-hydrogen) atoms. The van der Waals surface area contributed by atoms with Crippen molar-refractivity contribution in [3.05, 3.63) is 54.1 Å². The van der Waals surface area contributed by atoms with E-state index >= 15 is 0 Å². The number of fused-ring (bicyclic) bond motifs is 1. The van der Waals surface area contributed by atoms with Crippen LogP contribution in [0.4, 0.5) is 0 Å². The number of aromatic nitrogens is 2. The number of benzene rings is 1. The van der Waals surface area contributed by atoms with E-state index in [0.717, 1.165) is 38.6 Å². The van der Waals surface area contributed by atoms with Crippen molar-refractivity contribution in [1.82, 2.24) is 19.8 Å². The number of hydrogen-bond donors (Lipinski definition) is 1. The van der Waals surface area contributed by atoms with Crippen molar-refractivity contribution in [2.45, 2.75) is 38.6 Å². The molecule has 2 heterocycles. The first kappa shape index (κ1) is 19.4. The van der Waals surface area contributed by atoms with Crippen LogP contribution < -0.4 is 5.32 Å². The molecular weight excluding hydrogens is 368 g/mol. The molecule has 3 amide bonds. The first-order valence-electron chi connectivity index (χ1n) is 10.3. The van der Waals surface area contributed by atoms with Gasteiger partial charge in [-0.25, -0.2) is 4.98 Å². The number of nitrogens with one attached hydrogen (secondary N) is 1. The fourth-order valence-electron chi connectivity index (χ4n) is 4.43. The van der Waals surface area contributed by atoms with Crippen molar-refractivity contribution in [2.75, 3.05) is 13.1 Å². The largest absolute Gasteiger partial charge is 0.356 e. The molecule has 4 rings (SSSR count). The van der Waals surface area contributed by atoms with Gasteiger partial charge in [0.1, 0.15) is 0 Å². The highest BCUT2D eigenvalue weighted by atomic mass is 16.2. The highest BCUT2D eigenvalue weighted by Crippen LogP contribution is 2.33. The number of aryl methyl sites for hydroxylation is 1. The molecule has 1 aliphatic carbocycles. The summed E-state index contributed by atoms with van der Waals surface area (Å²) in [6.45, 7) is 1.73. The van der Waals surface area contributed by atoms with Crippen LogP contribution in [0.25, 0.3) is 0 Å². The molecule has 152 valence electrons. The summed E-state index contributed by atoms with van der Waals surface area (Å²) < 4.78 is 1.98. The van der Waals surface area contributed by atoms with Crippen LogP contribution in [0.5, 0.6) is 0 Å². The molecule has 1 aromatic carbocycles. The van der Waals surface area contributed by atoms with Crippen LogP contribution in [0.2, 0.25) is 0 Å². The van der Waals surface area contributed by atoms with Gasteiger partial charge >= 0.3 is 0 Å². The Morgan fingerprint density at radius 2 is 1.83 bits per heavy atom. The highest BCUT2D eigenvalue weighted by Gasteiger charge is 2.39. The summed E-state index contributed by atoms with van der Waals surface area (Å²) in [5, 5.41) is 3.05. The minimum absolute atomic E-state index is 0.0135. The quantitative estimate of drug-likeness (QED) is 0.578. The number of nitrogens with zero attached hydrogens (tertiary/aromatic N) is 3. The standard InChI is InChI=1S/C22H26N4O3/c27-20(24-10-5-12-25-13-11-23-15-25)17-7-2-1-6-16(17)14-26-21(28)18-8-3-4-9-19(18)22(26)29/h3-4,8-9,11,13,15-17H,1-2,5-7,10,12,14H2,(H,24,27). The van der Waals surface area contributed by atoms with E-state index in [1.807, 2.05) is 10.8 Å². The Bertz CT molecular complexity index is 858. The van der Waals surface area contributed by atoms with Gasteiger partial charge in [0.05, 0.1) is 17.5 Å². The topological polar surface area (TPSA) is 84.3 Å². The van der Waals surface area contributed by atoms with Crippen molar-refractivity contribution in [1.29, 1.82) is 0 Å². The fraction of sp³-hybridized carbons (Fsp3) is 0.455. The molecule has 2 aromatic rings. The lowest BCUT2D eigenvalue weighted by Crippen LogP contribution is -2.43. The van der Waals surface area contributed by atoms with Gasteiger partial charge in [-0.05, 0) is 37.3 Å². The third kappa shape index (κ3) is 4.09. The number of carbonyl (C=O) groups excluding carboxylic acids is 3. The van der Waals surface area contributed by atoms with E-state index in [1.165, 1.54) is 4.90 Å². The van der Waals surface area contributed by atoms with Crippen molar-refractivity contribution >= 4 is 17.7 Å². The summed E-state index contributed by atoms with van der Waals surface area (Å²) in [6.07, 6.45) is 9.94. The van der Waals surface area contributed by atoms with Gasteiger partial charge in [0.25, 0.3) is 11.8 Å². The Balaban J connectivity index is 1.34. The molecule has 1 saturated carbocycles. The lowest BCUT2D eigenvalue weighted by Gasteiger charge is -2.32. The molecule has 0 bridgehead atoms. The monoisotopic (exact) mass is 394 g/mol. The normalized spacial score (nSPS) is 21.3. The van der Waals surface area contributed by atoms with Crippen molar-refractivity contribution in [3.63, 3.8) is 0 Å². The van der Waals surface area contributed by atoms with Gasteiger partial charge in [0, 0.05) is 37.9 Å². The summed E-state index contributed by atoms with van der Waals surface area (Å²) >= 11 is 0. The number of rotatable bonds is 7. The number of imidazole rings is 1. The first-order valence-corrected chi connectivity index (χ1v) is 10.3. The molecular formula is C22H26N4O3. The summed E-state index contributed by atoms with van der Waals surface area (Å²) in [4.78, 5) is 43.5. The second-order valence-corrected chi connectivity index (χ2v) is 7.86. The van der Waals surface area contributed by atoms with Crippen molar-refractivity contribution in [2.24, 2.45) is 11.8 Å². The molecule has 0 radical (unpaired) electrons. The molecule has 2 aliphatic rings. The second kappa shape index (κ2) is 8.59. The van der Waals surface area contributed by atoms with Gasteiger partial charge in [-0.2, -0.15) is 0 Å². The molecule has 7 nitrogen and oxygen atoms in total. The SMILES string of the molecule is O=C(NCCCn1ccnc1)C1CCCCC1CN1C(=O)c2ccccc2C1=O. The summed E-state index contributed by atoms with van der Waals surface area (Å²) in [6, 6.07) is 6.93. The predicted molar refractivity (Wildman–Crippen MR) is 107 cm³/mol. The maximum Gasteiger partial charge on any atom is 0.261 e. The van der Waals surface area contributed by atoms with Gasteiger partial charge in [0.2, 0.25) is 5.91 Å². The summed E-state index contributed by atoms with van der Waals surface area (Å²) in [5.41, 5.74) is 0.933. The van der Waals surface area contributed by atoms with Crippen LogP contribution in [0, 0.1) is 11.8 Å². The average molecular weight is 394 g/mol. The van der Waals surface area contributed by atoms with E-state index in [9.17, 15) is 14.4 Å². The zero-order chi connectivity index (χ0) is 20.2. The zero-order valence-electron chi connectivity index (χ0n) is 16.4. The van der Waals surface area contributed by atoms with Crippen LogP contribution in [0.1, 0.15) is 52.8 Å². The minimum atomic E-state index is -0.240. The number of amides is 3. The molecule has 1 aliphatic heterocycles. The van der Waals surface area contributed by atoms with Crippen LogP contribution >= 0.6 is 0 Å². The van der Waals surface area contributed by atoms with E-state index in [0.29, 0.717) is 24.2 Å². The van der Waals surface area contributed by atoms with Gasteiger partial charge in [-0.3, -0.25) is 19.3 Å². The van der Waals surface area contributed by atoms with E-state index < -0.39 is 0 Å². The lowest BCUT2D eigenvalue weighted by molar-refractivity contribution is -0.128. The third-order valence-electron chi connectivity index (χ3n) is 5.99. The Kier molecular flexibility index (Phi) is 5.74. The predicted octanol–water partition coefficient (Wildman–Crippen LogP) is 2.49. The van der Waals surface area contributed by atoms with Crippen molar-refractivity contribution < 1.29 is 14.4 Å². The van der Waals surface area contributed by atoms with Crippen LogP contribution in [-0.2, 0) is 11.3 Å². The van der Waals surface area contributed by atoms with Gasteiger partial charge in [-0.1, -0.05) is 25.0 Å². The molecule has 0 saturated heterocycles. The molecule has 0 spiro atoms. The smallest absolute Gasteiger partial charge is 0.261 e. The maximum atomic E-state index is 12.8. The Labute approximate surface area is 170 Å². The molecule has 1 fully saturated rings. The third-order valence-corrected chi connectivity index (χ3v) is 5.99. The maximum absolute atomic E-state index is 12.8. The highest BCUT2D eigenvalue weighted by molar-refractivity contribution is 6.21. The van der Waals surface area contributed by atoms with E-state index in [1.54, 1.807) is 36.8 Å². The van der Waals surface area contributed by atoms with Crippen LogP contribution in [0.15, 0.2) is 43.0 Å². The molecule has 2 atom stereocenters. The van der Waals surface area contributed by atoms with Crippen LogP contribution in [0.3, 0.4) is 0 Å². The van der Waals surface area contributed by atoms with Gasteiger partial charge in [0.15, 0.2) is 0 Å². The fourth-order valence-corrected chi connectivity index (χ4v) is 4.43. The van der Waals surface area contributed by atoms with Crippen LogP contribution in [-0.4, -0.2) is 45.3 Å². The van der Waals surface area contributed by atoms with E-state index in [2.05, 4.69) is 10.3 Å². The summed E-state index contributed by atoms with van der Waals surface area (Å²) in [7, 11) is 0. The zero-order valence-corrected chi connectivity index (χ0v) is 16.4. The number of imide groups is 1. The van der Waals surface area contributed by atoms with Gasteiger partial charge in [-0.15, -0.1) is 0 Å². The molecule has 2 unspecified atom stereocenters. The van der Waals surface area contributed by atoms with E-state index in [4.69, 9.17) is 0 Å². The number of carbonyl (C=O) groups is 3. The molecule has 7 heteroatoms. The summed E-state index contributed by atoms with van der Waals surface area (Å²) in [5.74, 6) is -0.579. The second-order valence-electron chi connectivity index (χ2n) is 7.86. The van der Waals surface area contributed by atoms with Crippen molar-refractivity contribution in [3.8, 4) is 0 Å². The Morgan fingerprint density at radius 3 is 2.52 bits per heavy atom. The molecule has 1 aromatic heterocycles. The van der Waals surface area contributed by atoms with E-state index in [-0.39, 0.29) is 29.6 Å². The number of hydrogen-bond acceptors (Lipinski definition) is 4. The lowest BCUT2D eigenvalue weighted by atomic mass is 9.78. The Morgan fingerprint density at radius 1 is 1.10 bits per heavy atom.